The minimum atomic E-state index is -4.72. The van der Waals surface area contributed by atoms with E-state index < -0.39 is 35.3 Å². The van der Waals surface area contributed by atoms with Crippen LogP contribution in [0.4, 0.5) is 17.6 Å². The molecule has 3 atom stereocenters. The van der Waals surface area contributed by atoms with Crippen molar-refractivity contribution in [3.05, 3.63) is 76.9 Å². The molecule has 11 heteroatoms. The van der Waals surface area contributed by atoms with Gasteiger partial charge in [0.25, 0.3) is 5.82 Å². The van der Waals surface area contributed by atoms with Crippen LogP contribution in [0.15, 0.2) is 48.5 Å². The van der Waals surface area contributed by atoms with Crippen LogP contribution < -0.4 is 0 Å². The Morgan fingerprint density at radius 3 is 2.64 bits per heavy atom. The quantitative estimate of drug-likeness (QED) is 0.382. The molecule has 7 nitrogen and oxygen atoms in total. The van der Waals surface area contributed by atoms with E-state index in [1.807, 2.05) is 13.0 Å². The number of carbonyl (C=O) groups is 1. The first-order valence-corrected chi connectivity index (χ1v) is 11.3. The van der Waals surface area contributed by atoms with Crippen LogP contribution in [0.25, 0.3) is 11.3 Å². The molecule has 1 fully saturated rings. The highest BCUT2D eigenvalue weighted by atomic mass is 19.4. The van der Waals surface area contributed by atoms with Gasteiger partial charge in [-0.05, 0) is 82.8 Å². The maximum Gasteiger partial charge on any atom is 0.453 e. The minimum absolute atomic E-state index is 0.156. The number of hydrogen-bond acceptors (Lipinski definition) is 6. The number of halogens is 4. The molecule has 188 valence electrons. The largest absolute Gasteiger partial charge is 0.469 e. The molecule has 36 heavy (non-hydrogen) atoms. The first-order chi connectivity index (χ1) is 17.1. The summed E-state index contributed by atoms with van der Waals surface area (Å²) in [6, 6.07) is 10.8. The van der Waals surface area contributed by atoms with Gasteiger partial charge in [-0.1, -0.05) is 18.2 Å². The molecule has 0 saturated heterocycles. The maximum absolute atomic E-state index is 13.6. The summed E-state index contributed by atoms with van der Waals surface area (Å²) in [6.45, 7) is 2.04. The molecule has 1 aromatic heterocycles. The van der Waals surface area contributed by atoms with Gasteiger partial charge in [-0.15, -0.1) is 5.10 Å². The zero-order valence-corrected chi connectivity index (χ0v) is 19.4. The smallest absolute Gasteiger partial charge is 0.453 e. The highest BCUT2D eigenvalue weighted by molar-refractivity contribution is 5.77. The number of aromatic nitrogens is 4. The fourth-order valence-electron chi connectivity index (χ4n) is 5.33. The Morgan fingerprint density at radius 2 is 1.94 bits per heavy atom. The first-order valence-electron chi connectivity index (χ1n) is 11.3. The second kappa shape index (κ2) is 8.81. The molecule has 1 aliphatic heterocycles. The Balaban J connectivity index is 1.56. The third kappa shape index (κ3) is 4.06. The Labute approximate surface area is 203 Å². The lowest BCUT2D eigenvalue weighted by Gasteiger charge is -2.31. The standard InChI is InChI=1S/C25H22F4N4O3/c1-14-3-8-18(33-23(25(27,28)29)30-31-32-33)11-20(14)16-12-24(36-13-16)10-9-19(22(34)35-2)21(24)15-4-6-17(26)7-5-15/h3-8,11-12,19,21H,9-10,13H2,1-2H3. The van der Waals surface area contributed by atoms with E-state index in [0.717, 1.165) is 16.7 Å². The molecule has 0 radical (unpaired) electrons. The Bertz CT molecular complexity index is 1340. The zero-order valence-electron chi connectivity index (χ0n) is 19.4. The normalized spacial score (nSPS) is 23.8. The molecule has 1 saturated carbocycles. The number of hydrogen-bond donors (Lipinski definition) is 0. The number of nitrogens with zero attached hydrogens (tertiary/aromatic N) is 4. The molecular formula is C25H22F4N4O3. The van der Waals surface area contributed by atoms with Crippen LogP contribution in [0.2, 0.25) is 0 Å². The first kappa shape index (κ1) is 24.1. The van der Waals surface area contributed by atoms with Crippen LogP contribution in [0.5, 0.6) is 0 Å². The summed E-state index contributed by atoms with van der Waals surface area (Å²) < 4.78 is 65.7. The van der Waals surface area contributed by atoms with E-state index in [1.165, 1.54) is 25.3 Å². The molecule has 1 aliphatic carbocycles. The van der Waals surface area contributed by atoms with E-state index >= 15 is 0 Å². The van der Waals surface area contributed by atoms with Crippen LogP contribution in [-0.4, -0.2) is 45.5 Å². The zero-order chi connectivity index (χ0) is 25.7. The summed E-state index contributed by atoms with van der Waals surface area (Å²) in [4.78, 5) is 12.6. The van der Waals surface area contributed by atoms with Gasteiger partial charge in [-0.3, -0.25) is 4.79 Å². The fourth-order valence-corrected chi connectivity index (χ4v) is 5.33. The van der Waals surface area contributed by atoms with Crippen LogP contribution in [-0.2, 0) is 20.4 Å². The average Bonchev–Trinajstić information content (AvgIpc) is 3.59. The lowest BCUT2D eigenvalue weighted by Crippen LogP contribution is -2.34. The molecule has 0 bridgehead atoms. The molecule has 2 aliphatic rings. The van der Waals surface area contributed by atoms with Gasteiger partial charge in [0, 0.05) is 5.92 Å². The van der Waals surface area contributed by atoms with E-state index in [0.29, 0.717) is 23.1 Å². The van der Waals surface area contributed by atoms with Gasteiger partial charge in [-0.2, -0.15) is 17.9 Å². The minimum Gasteiger partial charge on any atom is -0.469 e. The highest BCUT2D eigenvalue weighted by Gasteiger charge is 2.54. The summed E-state index contributed by atoms with van der Waals surface area (Å²) in [7, 11) is 1.33. The van der Waals surface area contributed by atoms with Gasteiger partial charge in [-0.25, -0.2) is 4.39 Å². The van der Waals surface area contributed by atoms with Crippen molar-refractivity contribution in [1.82, 2.24) is 20.2 Å². The summed E-state index contributed by atoms with van der Waals surface area (Å²) in [5, 5.41) is 9.83. The van der Waals surface area contributed by atoms with Crippen LogP contribution in [0, 0.1) is 18.7 Å². The number of esters is 1. The summed E-state index contributed by atoms with van der Waals surface area (Å²) in [5.74, 6) is -2.89. The van der Waals surface area contributed by atoms with Gasteiger partial charge >= 0.3 is 12.1 Å². The second-order valence-electron chi connectivity index (χ2n) is 9.02. The van der Waals surface area contributed by atoms with E-state index in [2.05, 4.69) is 15.5 Å². The van der Waals surface area contributed by atoms with Crippen molar-refractivity contribution in [1.29, 1.82) is 0 Å². The molecule has 2 aromatic carbocycles. The molecule has 0 amide bonds. The molecule has 0 N–H and O–H groups in total. The topological polar surface area (TPSA) is 79.1 Å². The van der Waals surface area contributed by atoms with Crippen LogP contribution in [0.3, 0.4) is 0 Å². The third-order valence-corrected chi connectivity index (χ3v) is 6.96. The fraction of sp³-hybridized carbons (Fsp3) is 0.360. The van der Waals surface area contributed by atoms with E-state index in [9.17, 15) is 22.4 Å². The van der Waals surface area contributed by atoms with Crippen LogP contribution >= 0.6 is 0 Å². The summed E-state index contributed by atoms with van der Waals surface area (Å²) >= 11 is 0. The van der Waals surface area contributed by atoms with Gasteiger partial charge < -0.3 is 9.47 Å². The number of benzene rings is 2. The van der Waals surface area contributed by atoms with E-state index in [4.69, 9.17) is 9.47 Å². The van der Waals surface area contributed by atoms with Gasteiger partial charge in [0.2, 0.25) is 0 Å². The average molecular weight is 502 g/mol. The number of ether oxygens (including phenoxy) is 2. The Kier molecular flexibility index (Phi) is 5.90. The summed E-state index contributed by atoms with van der Waals surface area (Å²) in [6.07, 6.45) is -1.73. The van der Waals surface area contributed by atoms with Crippen molar-refractivity contribution in [2.45, 2.75) is 37.5 Å². The molecule has 5 rings (SSSR count). The predicted octanol–water partition coefficient (Wildman–Crippen LogP) is 4.65. The van der Waals surface area contributed by atoms with Crippen molar-refractivity contribution in [3.63, 3.8) is 0 Å². The SMILES string of the molecule is COC(=O)C1CCC2(C=C(c3cc(-n4nnnc4C(F)(F)F)ccc3C)CO2)C1c1ccc(F)cc1. The summed E-state index contributed by atoms with van der Waals surface area (Å²) in [5.41, 5.74) is 2.34. The monoisotopic (exact) mass is 502 g/mol. The number of alkyl halides is 3. The second-order valence-corrected chi connectivity index (χ2v) is 9.02. The molecule has 3 unspecified atom stereocenters. The van der Waals surface area contributed by atoms with Gasteiger partial charge in [0.15, 0.2) is 0 Å². The molecule has 1 spiro atoms. The van der Waals surface area contributed by atoms with Crippen molar-refractivity contribution in [2.75, 3.05) is 13.7 Å². The Hall–Kier alpha value is -3.60. The number of aryl methyl sites for hydroxylation is 1. The highest BCUT2D eigenvalue weighted by Crippen LogP contribution is 2.54. The number of methoxy groups -OCH3 is 1. The van der Waals surface area contributed by atoms with Gasteiger partial charge in [0.05, 0.1) is 30.9 Å². The molecular weight excluding hydrogens is 480 g/mol. The number of tetrazole rings is 1. The third-order valence-electron chi connectivity index (χ3n) is 6.96. The Morgan fingerprint density at radius 1 is 1.19 bits per heavy atom. The number of rotatable bonds is 4. The van der Waals surface area contributed by atoms with Crippen molar-refractivity contribution in [2.24, 2.45) is 5.92 Å². The van der Waals surface area contributed by atoms with E-state index in [1.54, 1.807) is 24.3 Å². The molecule has 3 aromatic rings. The maximum atomic E-state index is 13.6. The van der Waals surface area contributed by atoms with E-state index in [-0.39, 0.29) is 18.3 Å². The van der Waals surface area contributed by atoms with Crippen molar-refractivity contribution in [3.8, 4) is 5.69 Å². The van der Waals surface area contributed by atoms with Gasteiger partial charge in [0.1, 0.15) is 5.82 Å². The number of carbonyl (C=O) groups excluding carboxylic acids is 1. The molecule has 2 heterocycles. The van der Waals surface area contributed by atoms with Crippen molar-refractivity contribution < 1.29 is 31.8 Å². The lowest BCUT2D eigenvalue weighted by molar-refractivity contribution is -0.147. The van der Waals surface area contributed by atoms with Crippen molar-refractivity contribution >= 4 is 11.5 Å². The predicted molar refractivity (Wildman–Crippen MR) is 119 cm³/mol. The van der Waals surface area contributed by atoms with Crippen LogP contribution in [0.1, 0.15) is 41.3 Å². The lowest BCUT2D eigenvalue weighted by atomic mass is 9.79.